The number of fused-ring (bicyclic) bond motifs is 10. The second-order valence-corrected chi connectivity index (χ2v) is 24.9. The summed E-state index contributed by atoms with van der Waals surface area (Å²) in [6, 6.07) is 0. The van der Waals surface area contributed by atoms with Crippen LogP contribution in [0.15, 0.2) is 47.1 Å². The molecule has 8 aliphatic rings. The van der Waals surface area contributed by atoms with Crippen molar-refractivity contribution in [3.05, 3.63) is 47.1 Å². The molecule has 0 aliphatic heterocycles. The van der Waals surface area contributed by atoms with E-state index < -0.39 is 5.60 Å². The summed E-state index contributed by atoms with van der Waals surface area (Å²) in [6.07, 6.45) is 29.2. The minimum atomic E-state index is -0.494. The normalized spacial score (nSPS) is 41.0. The predicted octanol–water partition coefficient (Wildman–Crippen LogP) is 13.6. The molecule has 0 saturated heterocycles. The van der Waals surface area contributed by atoms with Gasteiger partial charge in [-0.15, -0.1) is 0 Å². The summed E-state index contributed by atoms with van der Waals surface area (Å²) in [5, 5.41) is 0. The van der Waals surface area contributed by atoms with Gasteiger partial charge in [0.2, 0.25) is 0 Å². The molecule has 6 nitrogen and oxygen atoms in total. The van der Waals surface area contributed by atoms with E-state index in [1.807, 2.05) is 19.9 Å². The van der Waals surface area contributed by atoms with Gasteiger partial charge in [-0.05, 0) is 227 Å². The van der Waals surface area contributed by atoms with Gasteiger partial charge in [-0.2, -0.15) is 0 Å². The van der Waals surface area contributed by atoms with E-state index in [1.165, 1.54) is 75.4 Å². The first-order valence-corrected chi connectivity index (χ1v) is 26.1. The Morgan fingerprint density at radius 2 is 1.32 bits per heavy atom. The molecule has 0 heterocycles. The van der Waals surface area contributed by atoms with Crippen molar-refractivity contribution in [1.29, 1.82) is 0 Å². The average Bonchev–Trinajstić information content (AvgIpc) is 3.79. The van der Waals surface area contributed by atoms with Crippen LogP contribution in [0.25, 0.3) is 0 Å². The zero-order valence-electron chi connectivity index (χ0n) is 43.3. The van der Waals surface area contributed by atoms with E-state index >= 15 is 0 Å². The summed E-state index contributed by atoms with van der Waals surface area (Å²) >= 11 is 0. The fraction of sp³-hybridized carbons (Fsp3) is 0.793. The molecule has 0 aromatic rings. The number of hydrogen-bond donors (Lipinski definition) is 0. The molecule has 0 N–H and O–H groups in total. The van der Waals surface area contributed by atoms with Crippen LogP contribution in [-0.4, -0.2) is 36.2 Å². The molecule has 66 heavy (non-hydrogen) atoms. The monoisotopic (exact) mass is 1060 g/mol. The van der Waals surface area contributed by atoms with Gasteiger partial charge in [0.15, 0.2) is 11.6 Å². The van der Waals surface area contributed by atoms with Crippen molar-refractivity contribution in [3.63, 3.8) is 0 Å². The van der Waals surface area contributed by atoms with E-state index in [9.17, 15) is 19.2 Å². The fourth-order valence-electron chi connectivity index (χ4n) is 17.2. The van der Waals surface area contributed by atoms with Crippen molar-refractivity contribution < 1.29 is 94.1 Å². The van der Waals surface area contributed by atoms with E-state index in [1.54, 1.807) is 19.0 Å². The zero-order valence-corrected chi connectivity index (χ0v) is 49.0. The van der Waals surface area contributed by atoms with Gasteiger partial charge in [-0.3, -0.25) is 9.59 Å². The van der Waals surface area contributed by atoms with E-state index in [0.717, 1.165) is 67.3 Å². The third-order valence-corrected chi connectivity index (χ3v) is 21.3. The van der Waals surface area contributed by atoms with Crippen molar-refractivity contribution in [1.82, 2.24) is 0 Å². The second kappa shape index (κ2) is 22.1. The predicted molar refractivity (Wildman–Crippen MR) is 257 cm³/mol. The minimum absolute atomic E-state index is 0. The molecule has 0 aromatic carbocycles. The largest absolute Gasteiger partial charge is 0.649 e. The van der Waals surface area contributed by atoms with Gasteiger partial charge in [0.05, 0.1) is 11.7 Å². The van der Waals surface area contributed by atoms with Crippen molar-refractivity contribution in [3.8, 4) is 0 Å². The van der Waals surface area contributed by atoms with Gasteiger partial charge in [-0.1, -0.05) is 98.6 Å². The molecule has 5 fully saturated rings. The minimum Gasteiger partial charge on any atom is -0.649 e. The second-order valence-electron chi connectivity index (χ2n) is 24.9. The molecule has 8 rings (SSSR count). The first kappa shape index (κ1) is 56.4. The van der Waals surface area contributed by atoms with E-state index in [2.05, 4.69) is 87.5 Å². The number of rotatable bonds is 13. The SMILES string of the molecule is CC(C)=CCC[C@@H](C)[C@H]1CC[C@H]2[C@@H]3C=CC4=CC(=O)CC[C@]4(C)[C@H]3CC[C@]12C.CC1C(O[C-]=O)C2=CC(=O)CC[C@]2(C)[C@H]2CC[C@]3(C)[C@@H]([C@H](C)CCC(C)C(C)(C)O[C-]=O)CC[C@H]3[C@H]12.[Y].[Y]. The Labute approximate surface area is 451 Å². The summed E-state index contributed by atoms with van der Waals surface area (Å²) in [5.74, 6) is 7.88. The maximum atomic E-state index is 12.4. The van der Waals surface area contributed by atoms with Crippen LogP contribution in [0.2, 0.25) is 0 Å². The van der Waals surface area contributed by atoms with Gasteiger partial charge in [0.1, 0.15) is 0 Å². The van der Waals surface area contributed by atoms with Gasteiger partial charge in [0.25, 0.3) is 0 Å². The molecule has 0 bridgehead atoms. The Kier molecular flexibility index (Phi) is 18.8. The Morgan fingerprint density at radius 3 is 1.94 bits per heavy atom. The zero-order chi connectivity index (χ0) is 46.6. The van der Waals surface area contributed by atoms with Gasteiger partial charge in [0, 0.05) is 78.3 Å². The number of carbonyl (C=O) groups is 2. The Hall–Kier alpha value is -0.552. The molecule has 8 heteroatoms. The van der Waals surface area contributed by atoms with Crippen LogP contribution in [0.4, 0.5) is 0 Å². The molecule has 17 atom stereocenters. The van der Waals surface area contributed by atoms with Crippen molar-refractivity contribution in [2.75, 3.05) is 0 Å². The Morgan fingerprint density at radius 1 is 0.742 bits per heavy atom. The fourth-order valence-corrected chi connectivity index (χ4v) is 17.2. The van der Waals surface area contributed by atoms with Gasteiger partial charge in [-0.25, -0.2) is 0 Å². The first-order valence-electron chi connectivity index (χ1n) is 26.1. The van der Waals surface area contributed by atoms with Crippen LogP contribution in [0.5, 0.6) is 0 Å². The van der Waals surface area contributed by atoms with E-state index in [4.69, 9.17) is 9.47 Å². The molecule has 2 radical (unpaired) electrons. The molecule has 0 amide bonds. The number of hydrogen-bond acceptors (Lipinski definition) is 6. The summed E-state index contributed by atoms with van der Waals surface area (Å²) < 4.78 is 10.9. The maximum absolute atomic E-state index is 12.4. The Bertz CT molecular complexity index is 1890. The number of carbonyl (C=O) groups excluding carboxylic acids is 4. The molecular formula is C58H86O6Y2-2. The van der Waals surface area contributed by atoms with Crippen molar-refractivity contribution >= 4 is 24.5 Å². The maximum Gasteiger partial charge on any atom is 0.156 e. The molecule has 362 valence electrons. The molecule has 3 unspecified atom stereocenters. The van der Waals surface area contributed by atoms with E-state index in [-0.39, 0.29) is 105 Å². The number of ketones is 2. The van der Waals surface area contributed by atoms with Gasteiger partial charge < -0.3 is 19.1 Å². The van der Waals surface area contributed by atoms with Crippen LogP contribution in [0.1, 0.15) is 186 Å². The average molecular weight is 1060 g/mol. The molecule has 0 spiro atoms. The smallest absolute Gasteiger partial charge is 0.156 e. The third-order valence-electron chi connectivity index (χ3n) is 21.3. The summed E-state index contributed by atoms with van der Waals surface area (Å²) in [6.45, 7) is 31.1. The summed E-state index contributed by atoms with van der Waals surface area (Å²) in [7, 11) is 0. The van der Waals surface area contributed by atoms with Crippen LogP contribution in [0.3, 0.4) is 0 Å². The molecule has 0 aromatic heterocycles. The van der Waals surface area contributed by atoms with Crippen molar-refractivity contribution in [2.45, 2.75) is 198 Å². The first-order chi connectivity index (χ1) is 30.2. The van der Waals surface area contributed by atoms with Gasteiger partial charge >= 0.3 is 0 Å². The van der Waals surface area contributed by atoms with Crippen LogP contribution < -0.4 is 0 Å². The van der Waals surface area contributed by atoms with E-state index in [0.29, 0.717) is 47.2 Å². The Balaban J connectivity index is 0.000000247. The summed E-state index contributed by atoms with van der Waals surface area (Å²) in [4.78, 5) is 46.6. The standard InChI is InChI=1S/C31H46O5.C27H40O.2Y/c1-19(8-9-20(2)29(4,5)36-18-33)23-10-11-24-27-21(3)28(35-17-32)26-16-22(34)12-14-31(26,7)25(27)13-15-30(23,24)6;1-18(2)7-6-8-19(3)23-11-12-24-22-10-9-20-17-21(28)13-15-26(20,4)25(22)14-16-27(23,24)5;;/h16,19-21,23-25,27-28H,8-15H2,1-7H3;7,9-10,17,19,22-25H,6,8,11-16H2,1-5H3;;/q-2;;;/t19-,20?,21?,23-,24+,25+,27+,28?,30-,31-;19-,22+,23-,24+,25+,26+,27-;;/m11../s1. The topological polar surface area (TPSA) is 86.7 Å². The third kappa shape index (κ3) is 10.4. The van der Waals surface area contributed by atoms with Crippen LogP contribution in [0, 0.1) is 92.7 Å². The molecule has 8 aliphatic carbocycles. The van der Waals surface area contributed by atoms with Crippen molar-refractivity contribution in [2.24, 2.45) is 92.7 Å². The molecule has 5 saturated carbocycles. The summed E-state index contributed by atoms with van der Waals surface area (Å²) in [5.41, 5.74) is 4.29. The molecular weight excluding hydrogens is 970 g/mol. The van der Waals surface area contributed by atoms with Crippen LogP contribution in [-0.2, 0) is 94.1 Å². The quantitative estimate of drug-likeness (QED) is 0.135. The number of allylic oxidation sites excluding steroid dienone is 6. The van der Waals surface area contributed by atoms with Crippen LogP contribution >= 0.6 is 0 Å². The number of ether oxygens (including phenoxy) is 2.